The van der Waals surface area contributed by atoms with Crippen LogP contribution in [0.2, 0.25) is 0 Å². The van der Waals surface area contributed by atoms with Crippen LogP contribution in [0.1, 0.15) is 64.2 Å². The highest BCUT2D eigenvalue weighted by atomic mass is 15.2. The summed E-state index contributed by atoms with van der Waals surface area (Å²) in [6.45, 7) is 0. The molecule has 3 heteroatoms. The standard InChI is InChI=1S/C18H33N3/c1-19-15-9-12(10-15)5-8-18-20-16-7-6-14(11-17(16)21-18)13-3-2-4-13/h12-21H,2-11H2,1H3. The van der Waals surface area contributed by atoms with E-state index < -0.39 is 0 Å². The van der Waals surface area contributed by atoms with Gasteiger partial charge in [-0.3, -0.25) is 10.6 Å². The van der Waals surface area contributed by atoms with Crippen LogP contribution in [0.5, 0.6) is 0 Å². The highest BCUT2D eigenvalue weighted by molar-refractivity contribution is 4.99. The Morgan fingerprint density at radius 2 is 1.67 bits per heavy atom. The van der Waals surface area contributed by atoms with Gasteiger partial charge in [-0.05, 0) is 69.7 Å². The summed E-state index contributed by atoms with van der Waals surface area (Å²) in [7, 11) is 2.10. The first-order chi connectivity index (χ1) is 10.3. The van der Waals surface area contributed by atoms with Crippen LogP contribution in [-0.4, -0.2) is 31.3 Å². The molecule has 3 N–H and O–H groups in total. The largest absolute Gasteiger partial charge is 0.317 e. The lowest BCUT2D eigenvalue weighted by Crippen LogP contribution is -2.42. The highest BCUT2D eigenvalue weighted by Gasteiger charge is 2.41. The SMILES string of the molecule is CNC1CC(CCC2NC3CCC(C4CCC4)CC3N2)C1. The Labute approximate surface area is 130 Å². The highest BCUT2D eigenvalue weighted by Crippen LogP contribution is 2.42. The third-order valence-electron chi connectivity index (χ3n) is 7.05. The number of rotatable bonds is 5. The summed E-state index contributed by atoms with van der Waals surface area (Å²) in [5.74, 6) is 3.10. The average Bonchev–Trinajstić information content (AvgIpc) is 2.77. The van der Waals surface area contributed by atoms with Gasteiger partial charge in [-0.15, -0.1) is 0 Å². The Bertz CT molecular complexity index is 348. The third kappa shape index (κ3) is 3.02. The molecular weight excluding hydrogens is 258 g/mol. The molecule has 0 aromatic heterocycles. The molecule has 120 valence electrons. The molecule has 3 saturated carbocycles. The zero-order valence-corrected chi connectivity index (χ0v) is 13.6. The van der Waals surface area contributed by atoms with Crippen LogP contribution in [0.4, 0.5) is 0 Å². The van der Waals surface area contributed by atoms with Gasteiger partial charge < -0.3 is 5.32 Å². The quantitative estimate of drug-likeness (QED) is 0.729. The van der Waals surface area contributed by atoms with Crippen molar-refractivity contribution in [3.05, 3.63) is 0 Å². The summed E-state index contributed by atoms with van der Waals surface area (Å²) in [6.07, 6.45) is 15.0. The zero-order valence-electron chi connectivity index (χ0n) is 13.6. The van der Waals surface area contributed by atoms with E-state index in [4.69, 9.17) is 0 Å². The molecule has 4 aliphatic rings. The first-order valence-corrected chi connectivity index (χ1v) is 9.51. The summed E-state index contributed by atoms with van der Waals surface area (Å²) in [5.41, 5.74) is 0. The topological polar surface area (TPSA) is 36.1 Å². The van der Waals surface area contributed by atoms with Crippen LogP contribution < -0.4 is 16.0 Å². The molecular formula is C18H33N3. The van der Waals surface area contributed by atoms with E-state index in [2.05, 4.69) is 23.0 Å². The minimum atomic E-state index is 0.605. The van der Waals surface area contributed by atoms with Crippen molar-refractivity contribution in [1.82, 2.24) is 16.0 Å². The van der Waals surface area contributed by atoms with Crippen molar-refractivity contribution in [3.8, 4) is 0 Å². The second kappa shape index (κ2) is 6.17. The summed E-state index contributed by atoms with van der Waals surface area (Å²) in [5, 5.41) is 11.2. The van der Waals surface area contributed by atoms with Crippen LogP contribution >= 0.6 is 0 Å². The molecule has 3 nitrogen and oxygen atoms in total. The lowest BCUT2D eigenvalue weighted by molar-refractivity contribution is 0.140. The van der Waals surface area contributed by atoms with Gasteiger partial charge in [0, 0.05) is 18.1 Å². The molecule has 1 saturated heterocycles. The van der Waals surface area contributed by atoms with Crippen LogP contribution in [0, 0.1) is 17.8 Å². The maximum Gasteiger partial charge on any atom is 0.0577 e. The molecule has 21 heavy (non-hydrogen) atoms. The molecule has 0 radical (unpaired) electrons. The number of hydrogen-bond acceptors (Lipinski definition) is 3. The molecule has 0 aromatic carbocycles. The minimum Gasteiger partial charge on any atom is -0.317 e. The van der Waals surface area contributed by atoms with E-state index in [0.717, 1.165) is 35.9 Å². The fourth-order valence-corrected chi connectivity index (χ4v) is 5.27. The van der Waals surface area contributed by atoms with Gasteiger partial charge in [0.05, 0.1) is 6.17 Å². The molecule has 0 aromatic rings. The van der Waals surface area contributed by atoms with E-state index in [-0.39, 0.29) is 0 Å². The molecule has 4 fully saturated rings. The Balaban J connectivity index is 1.20. The lowest BCUT2D eigenvalue weighted by atomic mass is 9.68. The summed E-state index contributed by atoms with van der Waals surface area (Å²) in [6, 6.07) is 2.36. The normalized spacial score (nSPS) is 46.7. The van der Waals surface area contributed by atoms with Gasteiger partial charge in [0.25, 0.3) is 0 Å². The number of nitrogens with one attached hydrogen (secondary N) is 3. The maximum absolute atomic E-state index is 3.93. The molecule has 1 aliphatic heterocycles. The smallest absolute Gasteiger partial charge is 0.0577 e. The van der Waals surface area contributed by atoms with Crippen molar-refractivity contribution < 1.29 is 0 Å². The van der Waals surface area contributed by atoms with Gasteiger partial charge in [-0.25, -0.2) is 0 Å². The second-order valence-electron chi connectivity index (χ2n) is 8.26. The van der Waals surface area contributed by atoms with E-state index in [1.807, 2.05) is 0 Å². The van der Waals surface area contributed by atoms with Gasteiger partial charge in [0.15, 0.2) is 0 Å². The van der Waals surface area contributed by atoms with Gasteiger partial charge in [-0.2, -0.15) is 0 Å². The maximum atomic E-state index is 3.93. The van der Waals surface area contributed by atoms with Crippen molar-refractivity contribution in [2.75, 3.05) is 7.05 Å². The third-order valence-corrected chi connectivity index (χ3v) is 7.05. The Morgan fingerprint density at radius 3 is 2.38 bits per heavy atom. The zero-order chi connectivity index (χ0) is 14.2. The van der Waals surface area contributed by atoms with Crippen LogP contribution in [-0.2, 0) is 0 Å². The molecule has 4 unspecified atom stereocenters. The van der Waals surface area contributed by atoms with Gasteiger partial charge in [-0.1, -0.05) is 19.3 Å². The number of fused-ring (bicyclic) bond motifs is 1. The van der Waals surface area contributed by atoms with E-state index in [1.165, 1.54) is 64.2 Å². The van der Waals surface area contributed by atoms with Crippen molar-refractivity contribution in [3.63, 3.8) is 0 Å². The average molecular weight is 291 g/mol. The van der Waals surface area contributed by atoms with Crippen molar-refractivity contribution in [2.24, 2.45) is 17.8 Å². The van der Waals surface area contributed by atoms with Gasteiger partial charge >= 0.3 is 0 Å². The molecule has 0 amide bonds. The second-order valence-corrected chi connectivity index (χ2v) is 8.26. The Morgan fingerprint density at radius 1 is 0.857 bits per heavy atom. The Kier molecular flexibility index (Phi) is 4.25. The summed E-state index contributed by atoms with van der Waals surface area (Å²) < 4.78 is 0. The number of hydrogen-bond donors (Lipinski definition) is 3. The molecule has 3 aliphatic carbocycles. The summed E-state index contributed by atoms with van der Waals surface area (Å²) in [4.78, 5) is 0. The van der Waals surface area contributed by atoms with E-state index in [1.54, 1.807) is 0 Å². The predicted molar refractivity (Wildman–Crippen MR) is 87.1 cm³/mol. The molecule has 4 atom stereocenters. The molecule has 0 spiro atoms. The van der Waals surface area contributed by atoms with E-state index in [9.17, 15) is 0 Å². The van der Waals surface area contributed by atoms with Gasteiger partial charge in [0.1, 0.15) is 0 Å². The lowest BCUT2D eigenvalue weighted by Gasteiger charge is -2.40. The van der Waals surface area contributed by atoms with E-state index in [0.29, 0.717) is 6.17 Å². The van der Waals surface area contributed by atoms with Crippen LogP contribution in [0.3, 0.4) is 0 Å². The molecule has 1 heterocycles. The van der Waals surface area contributed by atoms with Crippen LogP contribution in [0.25, 0.3) is 0 Å². The van der Waals surface area contributed by atoms with Gasteiger partial charge in [0.2, 0.25) is 0 Å². The van der Waals surface area contributed by atoms with E-state index >= 15 is 0 Å². The fourth-order valence-electron chi connectivity index (χ4n) is 5.27. The molecule has 0 bridgehead atoms. The summed E-state index contributed by atoms with van der Waals surface area (Å²) >= 11 is 0. The monoisotopic (exact) mass is 291 g/mol. The van der Waals surface area contributed by atoms with Crippen molar-refractivity contribution in [1.29, 1.82) is 0 Å². The fraction of sp³-hybridized carbons (Fsp3) is 1.00. The predicted octanol–water partition coefficient (Wildman–Crippen LogP) is 2.62. The molecule has 4 rings (SSSR count). The Hall–Kier alpha value is -0.120. The van der Waals surface area contributed by atoms with Crippen molar-refractivity contribution in [2.45, 2.75) is 88.5 Å². The van der Waals surface area contributed by atoms with Crippen LogP contribution in [0.15, 0.2) is 0 Å². The first kappa shape index (κ1) is 14.5. The first-order valence-electron chi connectivity index (χ1n) is 9.51. The van der Waals surface area contributed by atoms with Crippen molar-refractivity contribution >= 4 is 0 Å². The minimum absolute atomic E-state index is 0.605.